The normalized spacial score (nSPS) is 10.5. The molecule has 0 amide bonds. The largest absolute Gasteiger partial charge is 0.444 e. The highest BCUT2D eigenvalue weighted by Crippen LogP contribution is 2.25. The first-order valence-electron chi connectivity index (χ1n) is 5.61. The first-order valence-corrected chi connectivity index (χ1v) is 5.61. The Balaban J connectivity index is 2.03. The van der Waals surface area contributed by atoms with Crippen molar-refractivity contribution in [1.29, 1.82) is 0 Å². The van der Waals surface area contributed by atoms with Crippen LogP contribution < -0.4 is 0 Å². The van der Waals surface area contributed by atoms with E-state index in [1.807, 2.05) is 25.1 Å². The van der Waals surface area contributed by atoms with Crippen molar-refractivity contribution in [2.45, 2.75) is 6.92 Å². The van der Waals surface area contributed by atoms with E-state index in [4.69, 9.17) is 4.42 Å². The highest BCUT2D eigenvalue weighted by atomic mass is 16.3. The smallest absolute Gasteiger partial charge is 0.228 e. The number of pyridine rings is 2. The third-order valence-corrected chi connectivity index (χ3v) is 2.73. The van der Waals surface area contributed by atoms with Gasteiger partial charge in [-0.25, -0.2) is 4.98 Å². The second kappa shape index (κ2) is 4.41. The SMILES string of the molecule is Cc1ccncc1-c1coc(-c2cccnc2)n1. The third-order valence-electron chi connectivity index (χ3n) is 2.73. The van der Waals surface area contributed by atoms with Gasteiger partial charge >= 0.3 is 0 Å². The molecule has 0 bridgehead atoms. The Kier molecular flexibility index (Phi) is 2.61. The average molecular weight is 237 g/mol. The van der Waals surface area contributed by atoms with E-state index in [1.54, 1.807) is 31.1 Å². The van der Waals surface area contributed by atoms with Gasteiger partial charge in [-0.1, -0.05) is 0 Å². The Morgan fingerprint density at radius 1 is 1.06 bits per heavy atom. The topological polar surface area (TPSA) is 51.8 Å². The molecule has 3 heterocycles. The van der Waals surface area contributed by atoms with Gasteiger partial charge < -0.3 is 4.42 Å². The summed E-state index contributed by atoms with van der Waals surface area (Å²) >= 11 is 0. The van der Waals surface area contributed by atoms with Crippen molar-refractivity contribution in [3.8, 4) is 22.7 Å². The summed E-state index contributed by atoms with van der Waals surface area (Å²) in [6.07, 6.45) is 8.65. The Hall–Kier alpha value is -2.49. The Bertz CT molecular complexity index is 662. The molecular formula is C14H11N3O. The number of hydrogen-bond acceptors (Lipinski definition) is 4. The molecule has 18 heavy (non-hydrogen) atoms. The first-order chi connectivity index (χ1) is 8.84. The lowest BCUT2D eigenvalue weighted by molar-refractivity contribution is 0.574. The minimum absolute atomic E-state index is 0.571. The van der Waals surface area contributed by atoms with E-state index < -0.39 is 0 Å². The van der Waals surface area contributed by atoms with E-state index >= 15 is 0 Å². The van der Waals surface area contributed by atoms with E-state index in [0.29, 0.717) is 5.89 Å². The van der Waals surface area contributed by atoms with Crippen molar-refractivity contribution >= 4 is 0 Å². The molecule has 0 radical (unpaired) electrons. The van der Waals surface area contributed by atoms with Crippen LogP contribution in [-0.2, 0) is 0 Å². The molecule has 0 saturated heterocycles. The molecule has 0 aromatic carbocycles. The predicted octanol–water partition coefficient (Wildman–Crippen LogP) is 3.11. The molecule has 0 aliphatic rings. The Labute approximate surface area is 104 Å². The number of oxazole rings is 1. The molecule has 0 aliphatic carbocycles. The van der Waals surface area contributed by atoms with Crippen molar-refractivity contribution in [3.05, 3.63) is 54.8 Å². The summed E-state index contributed by atoms with van der Waals surface area (Å²) in [6, 6.07) is 5.72. The molecule has 0 fully saturated rings. The Morgan fingerprint density at radius 2 is 1.94 bits per heavy atom. The summed E-state index contributed by atoms with van der Waals surface area (Å²) in [5, 5.41) is 0. The zero-order chi connectivity index (χ0) is 12.4. The fourth-order valence-corrected chi connectivity index (χ4v) is 1.75. The molecule has 4 heteroatoms. The second-order valence-electron chi connectivity index (χ2n) is 3.97. The van der Waals surface area contributed by atoms with Gasteiger partial charge in [-0.15, -0.1) is 0 Å². The number of aromatic nitrogens is 3. The number of aryl methyl sites for hydroxylation is 1. The van der Waals surface area contributed by atoms with Gasteiger partial charge in [0.2, 0.25) is 5.89 Å². The number of nitrogens with zero attached hydrogens (tertiary/aromatic N) is 3. The van der Waals surface area contributed by atoms with E-state index in [0.717, 1.165) is 22.4 Å². The summed E-state index contributed by atoms with van der Waals surface area (Å²) < 4.78 is 5.48. The molecule has 3 aromatic rings. The standard InChI is InChI=1S/C14H11N3O/c1-10-4-6-16-8-12(10)13-9-18-14(17-13)11-3-2-5-15-7-11/h2-9H,1H3. The van der Waals surface area contributed by atoms with Gasteiger partial charge in [-0.05, 0) is 30.7 Å². The lowest BCUT2D eigenvalue weighted by Gasteiger charge is -1.98. The molecule has 0 unspecified atom stereocenters. The lowest BCUT2D eigenvalue weighted by atomic mass is 10.1. The maximum absolute atomic E-state index is 5.48. The van der Waals surface area contributed by atoms with E-state index in [1.165, 1.54) is 0 Å². The summed E-state index contributed by atoms with van der Waals surface area (Å²) in [5.74, 6) is 0.571. The van der Waals surface area contributed by atoms with Gasteiger partial charge in [0.15, 0.2) is 0 Å². The minimum atomic E-state index is 0.571. The van der Waals surface area contributed by atoms with Gasteiger partial charge in [0, 0.05) is 30.4 Å². The van der Waals surface area contributed by atoms with Crippen LogP contribution in [0.3, 0.4) is 0 Å². The van der Waals surface area contributed by atoms with Crippen LogP contribution in [0, 0.1) is 6.92 Å². The van der Waals surface area contributed by atoms with E-state index in [9.17, 15) is 0 Å². The molecule has 0 saturated carbocycles. The van der Waals surface area contributed by atoms with Gasteiger partial charge in [0.05, 0.1) is 5.56 Å². The highest BCUT2D eigenvalue weighted by molar-refractivity contribution is 5.64. The van der Waals surface area contributed by atoms with E-state index in [2.05, 4.69) is 15.0 Å². The molecule has 0 spiro atoms. The maximum atomic E-state index is 5.48. The van der Waals surface area contributed by atoms with E-state index in [-0.39, 0.29) is 0 Å². The van der Waals surface area contributed by atoms with Gasteiger partial charge in [-0.3, -0.25) is 9.97 Å². The quantitative estimate of drug-likeness (QED) is 0.687. The van der Waals surface area contributed by atoms with Crippen LogP contribution in [0.2, 0.25) is 0 Å². The Morgan fingerprint density at radius 3 is 2.72 bits per heavy atom. The maximum Gasteiger partial charge on any atom is 0.228 e. The first kappa shape index (κ1) is 10.7. The van der Waals surface area contributed by atoms with Gasteiger partial charge in [0.1, 0.15) is 12.0 Å². The van der Waals surface area contributed by atoms with Crippen molar-refractivity contribution in [1.82, 2.24) is 15.0 Å². The van der Waals surface area contributed by atoms with Gasteiger partial charge in [-0.2, -0.15) is 0 Å². The predicted molar refractivity (Wildman–Crippen MR) is 67.7 cm³/mol. The van der Waals surface area contributed by atoms with Crippen molar-refractivity contribution in [2.24, 2.45) is 0 Å². The lowest BCUT2D eigenvalue weighted by Crippen LogP contribution is -1.85. The minimum Gasteiger partial charge on any atom is -0.444 e. The fourth-order valence-electron chi connectivity index (χ4n) is 1.75. The summed E-state index contributed by atoms with van der Waals surface area (Å²) in [5.41, 5.74) is 3.76. The van der Waals surface area contributed by atoms with Crippen LogP contribution in [0.4, 0.5) is 0 Å². The molecular weight excluding hydrogens is 226 g/mol. The fraction of sp³-hybridized carbons (Fsp3) is 0.0714. The summed E-state index contributed by atoms with van der Waals surface area (Å²) in [6.45, 7) is 2.02. The van der Waals surface area contributed by atoms with Crippen LogP contribution in [0.1, 0.15) is 5.56 Å². The van der Waals surface area contributed by atoms with Crippen LogP contribution in [0.25, 0.3) is 22.7 Å². The van der Waals surface area contributed by atoms with Crippen LogP contribution in [0.15, 0.2) is 53.7 Å². The molecule has 0 N–H and O–H groups in total. The average Bonchev–Trinajstić information content (AvgIpc) is 2.90. The van der Waals surface area contributed by atoms with Crippen LogP contribution in [0.5, 0.6) is 0 Å². The second-order valence-corrected chi connectivity index (χ2v) is 3.97. The van der Waals surface area contributed by atoms with Crippen LogP contribution in [-0.4, -0.2) is 15.0 Å². The highest BCUT2D eigenvalue weighted by Gasteiger charge is 2.10. The molecule has 88 valence electrons. The molecule has 0 aliphatic heterocycles. The monoisotopic (exact) mass is 237 g/mol. The third kappa shape index (κ3) is 1.88. The zero-order valence-electron chi connectivity index (χ0n) is 9.87. The molecule has 3 aromatic heterocycles. The molecule has 0 atom stereocenters. The summed E-state index contributed by atoms with van der Waals surface area (Å²) in [7, 11) is 0. The summed E-state index contributed by atoms with van der Waals surface area (Å²) in [4.78, 5) is 12.6. The molecule has 4 nitrogen and oxygen atoms in total. The van der Waals surface area contributed by atoms with Crippen molar-refractivity contribution in [2.75, 3.05) is 0 Å². The van der Waals surface area contributed by atoms with Crippen molar-refractivity contribution < 1.29 is 4.42 Å². The number of hydrogen-bond donors (Lipinski definition) is 0. The zero-order valence-corrected chi connectivity index (χ0v) is 9.87. The van der Waals surface area contributed by atoms with Gasteiger partial charge in [0.25, 0.3) is 0 Å². The van der Waals surface area contributed by atoms with Crippen molar-refractivity contribution in [3.63, 3.8) is 0 Å². The van der Waals surface area contributed by atoms with Crippen LogP contribution >= 0.6 is 0 Å². The molecule has 3 rings (SSSR count). The number of rotatable bonds is 2.